The van der Waals surface area contributed by atoms with Crippen LogP contribution in [0.2, 0.25) is 0 Å². The van der Waals surface area contributed by atoms with Gasteiger partial charge in [0.1, 0.15) is 10.8 Å². The summed E-state index contributed by atoms with van der Waals surface area (Å²) in [7, 11) is 1.77. The zero-order chi connectivity index (χ0) is 14.8. The zero-order valence-electron chi connectivity index (χ0n) is 12.0. The van der Waals surface area contributed by atoms with Gasteiger partial charge in [0.05, 0.1) is 11.6 Å². The lowest BCUT2D eigenvalue weighted by Crippen LogP contribution is -2.19. The SMILES string of the molecule is COC1CCC(Nc2cc(C(N)=S)c3ccccc3n2)C1. The van der Waals surface area contributed by atoms with Crippen LogP contribution in [0.4, 0.5) is 5.82 Å². The number of nitrogens with one attached hydrogen (secondary N) is 1. The number of methoxy groups -OCH3 is 1. The van der Waals surface area contributed by atoms with Gasteiger partial charge >= 0.3 is 0 Å². The molecule has 0 amide bonds. The Kier molecular flexibility index (Phi) is 4.03. The molecular weight excluding hydrogens is 282 g/mol. The number of hydrogen-bond donors (Lipinski definition) is 2. The number of thiocarbonyl (C=S) groups is 1. The van der Waals surface area contributed by atoms with Crippen LogP contribution in [0, 0.1) is 0 Å². The average molecular weight is 301 g/mol. The lowest BCUT2D eigenvalue weighted by Gasteiger charge is -2.15. The number of pyridine rings is 1. The fourth-order valence-electron chi connectivity index (χ4n) is 2.95. The highest BCUT2D eigenvalue weighted by Gasteiger charge is 2.24. The summed E-state index contributed by atoms with van der Waals surface area (Å²) >= 11 is 5.17. The first kappa shape index (κ1) is 14.2. The largest absolute Gasteiger partial charge is 0.389 e. The number of fused-ring (bicyclic) bond motifs is 1. The summed E-state index contributed by atoms with van der Waals surface area (Å²) in [5, 5.41) is 4.48. The predicted octanol–water partition coefficient (Wildman–Crippen LogP) is 2.85. The number of para-hydroxylation sites is 1. The molecular formula is C16H19N3OS. The summed E-state index contributed by atoms with van der Waals surface area (Å²) in [6.07, 6.45) is 3.53. The Labute approximate surface area is 129 Å². The fraction of sp³-hybridized carbons (Fsp3) is 0.375. The number of hydrogen-bond acceptors (Lipinski definition) is 4. The van der Waals surface area contributed by atoms with Gasteiger partial charge in [-0.2, -0.15) is 0 Å². The molecule has 1 heterocycles. The van der Waals surface area contributed by atoms with Crippen molar-refractivity contribution in [1.29, 1.82) is 0 Å². The van der Waals surface area contributed by atoms with E-state index in [1.165, 1.54) is 0 Å². The number of aromatic nitrogens is 1. The molecule has 1 fully saturated rings. The minimum absolute atomic E-state index is 0.345. The van der Waals surface area contributed by atoms with E-state index >= 15 is 0 Å². The molecule has 2 aromatic rings. The number of nitrogens with zero attached hydrogens (tertiary/aromatic N) is 1. The third-order valence-corrected chi connectivity index (χ3v) is 4.27. The van der Waals surface area contributed by atoms with E-state index in [0.29, 0.717) is 17.1 Å². The van der Waals surface area contributed by atoms with Crippen LogP contribution in [0.5, 0.6) is 0 Å². The van der Waals surface area contributed by atoms with Crippen LogP contribution in [0.3, 0.4) is 0 Å². The maximum Gasteiger partial charge on any atom is 0.127 e. The van der Waals surface area contributed by atoms with Crippen molar-refractivity contribution >= 4 is 33.9 Å². The lowest BCUT2D eigenvalue weighted by molar-refractivity contribution is 0.108. The monoisotopic (exact) mass is 301 g/mol. The minimum Gasteiger partial charge on any atom is -0.389 e. The Balaban J connectivity index is 1.91. The van der Waals surface area contributed by atoms with Crippen LogP contribution < -0.4 is 11.1 Å². The molecule has 4 nitrogen and oxygen atoms in total. The maximum atomic E-state index is 5.86. The normalized spacial score (nSPS) is 21.6. The summed E-state index contributed by atoms with van der Waals surface area (Å²) in [6, 6.07) is 10.3. The summed E-state index contributed by atoms with van der Waals surface area (Å²) in [4.78, 5) is 5.07. The van der Waals surface area contributed by atoms with E-state index in [1.807, 2.05) is 30.3 Å². The Morgan fingerprint density at radius 3 is 2.90 bits per heavy atom. The molecule has 1 aromatic carbocycles. The van der Waals surface area contributed by atoms with Crippen LogP contribution in [0.25, 0.3) is 10.9 Å². The third-order valence-electron chi connectivity index (χ3n) is 4.05. The van der Waals surface area contributed by atoms with E-state index < -0.39 is 0 Å². The molecule has 0 radical (unpaired) electrons. The second-order valence-electron chi connectivity index (χ2n) is 5.45. The fourth-order valence-corrected chi connectivity index (χ4v) is 3.12. The molecule has 1 aliphatic rings. The second-order valence-corrected chi connectivity index (χ2v) is 5.89. The third kappa shape index (κ3) is 2.99. The molecule has 1 saturated carbocycles. The minimum atomic E-state index is 0.345. The van der Waals surface area contributed by atoms with E-state index in [2.05, 4.69) is 10.3 Å². The van der Waals surface area contributed by atoms with Crippen molar-refractivity contribution in [2.45, 2.75) is 31.4 Å². The quantitative estimate of drug-likeness (QED) is 0.850. The highest BCUT2D eigenvalue weighted by molar-refractivity contribution is 7.80. The highest BCUT2D eigenvalue weighted by atomic mass is 32.1. The Hall–Kier alpha value is -1.72. The van der Waals surface area contributed by atoms with Gasteiger partial charge in [0.25, 0.3) is 0 Å². The van der Waals surface area contributed by atoms with Gasteiger partial charge in [-0.15, -0.1) is 0 Å². The second kappa shape index (κ2) is 5.95. The van der Waals surface area contributed by atoms with Gasteiger partial charge in [-0.1, -0.05) is 30.4 Å². The van der Waals surface area contributed by atoms with Crippen molar-refractivity contribution in [3.63, 3.8) is 0 Å². The molecule has 2 unspecified atom stereocenters. The van der Waals surface area contributed by atoms with Crippen LogP contribution >= 0.6 is 12.2 Å². The first-order valence-corrected chi connectivity index (χ1v) is 7.57. The first-order chi connectivity index (χ1) is 10.2. The van der Waals surface area contributed by atoms with Crippen molar-refractivity contribution in [2.75, 3.05) is 12.4 Å². The van der Waals surface area contributed by atoms with Gasteiger partial charge in [-0.25, -0.2) is 4.98 Å². The van der Waals surface area contributed by atoms with E-state index in [4.69, 9.17) is 22.7 Å². The molecule has 3 N–H and O–H groups in total. The highest BCUT2D eigenvalue weighted by Crippen LogP contribution is 2.26. The van der Waals surface area contributed by atoms with E-state index in [0.717, 1.165) is 41.5 Å². The summed E-state index contributed by atoms with van der Waals surface area (Å²) < 4.78 is 5.41. The van der Waals surface area contributed by atoms with Gasteiger partial charge < -0.3 is 15.8 Å². The van der Waals surface area contributed by atoms with Crippen LogP contribution in [0.15, 0.2) is 30.3 Å². The van der Waals surface area contributed by atoms with Crippen LogP contribution in [0.1, 0.15) is 24.8 Å². The molecule has 5 heteroatoms. The Bertz CT molecular complexity index is 674. The van der Waals surface area contributed by atoms with E-state index in [9.17, 15) is 0 Å². The number of benzene rings is 1. The molecule has 0 saturated heterocycles. The molecule has 0 spiro atoms. The molecule has 0 bridgehead atoms. The molecule has 1 aliphatic carbocycles. The molecule has 3 rings (SSSR count). The smallest absolute Gasteiger partial charge is 0.127 e. The van der Waals surface area contributed by atoms with Crippen molar-refractivity contribution in [3.8, 4) is 0 Å². The van der Waals surface area contributed by atoms with Crippen molar-refractivity contribution in [2.24, 2.45) is 5.73 Å². The number of nitrogens with two attached hydrogens (primary N) is 1. The summed E-state index contributed by atoms with van der Waals surface area (Å²) in [6.45, 7) is 0. The Morgan fingerprint density at radius 1 is 1.38 bits per heavy atom. The maximum absolute atomic E-state index is 5.86. The lowest BCUT2D eigenvalue weighted by atomic mass is 10.1. The molecule has 110 valence electrons. The Morgan fingerprint density at radius 2 is 2.19 bits per heavy atom. The predicted molar refractivity (Wildman–Crippen MR) is 89.7 cm³/mol. The van der Waals surface area contributed by atoms with Crippen molar-refractivity contribution in [1.82, 2.24) is 4.98 Å². The number of rotatable bonds is 4. The van der Waals surface area contributed by atoms with Gasteiger partial charge in [0.15, 0.2) is 0 Å². The van der Waals surface area contributed by atoms with Gasteiger partial charge in [0.2, 0.25) is 0 Å². The van der Waals surface area contributed by atoms with E-state index in [-0.39, 0.29) is 0 Å². The van der Waals surface area contributed by atoms with Crippen LogP contribution in [-0.4, -0.2) is 29.2 Å². The van der Waals surface area contributed by atoms with Gasteiger partial charge in [0, 0.05) is 24.1 Å². The molecule has 0 aliphatic heterocycles. The van der Waals surface area contributed by atoms with Gasteiger partial charge in [-0.05, 0) is 31.4 Å². The summed E-state index contributed by atoms with van der Waals surface area (Å²) in [5.74, 6) is 0.832. The topological polar surface area (TPSA) is 60.2 Å². The zero-order valence-corrected chi connectivity index (χ0v) is 12.8. The van der Waals surface area contributed by atoms with E-state index in [1.54, 1.807) is 7.11 Å². The molecule has 21 heavy (non-hydrogen) atoms. The molecule has 1 aromatic heterocycles. The van der Waals surface area contributed by atoms with Crippen LogP contribution in [-0.2, 0) is 4.74 Å². The standard InChI is InChI=1S/C16H19N3OS/c1-20-11-7-6-10(8-11)18-15-9-13(16(17)21)12-4-2-3-5-14(12)19-15/h2-5,9-11H,6-8H2,1H3,(H2,17,21)(H,18,19). The number of anilines is 1. The summed E-state index contributed by atoms with van der Waals surface area (Å²) in [5.41, 5.74) is 7.64. The van der Waals surface area contributed by atoms with Gasteiger partial charge in [-0.3, -0.25) is 0 Å². The van der Waals surface area contributed by atoms with Crippen molar-refractivity contribution < 1.29 is 4.74 Å². The average Bonchev–Trinajstić information content (AvgIpc) is 2.94. The first-order valence-electron chi connectivity index (χ1n) is 7.16. The van der Waals surface area contributed by atoms with Crippen molar-refractivity contribution in [3.05, 3.63) is 35.9 Å². The number of ether oxygens (including phenoxy) is 1. The molecule has 2 atom stereocenters.